The van der Waals surface area contributed by atoms with Crippen LogP contribution in [0, 0.1) is 0 Å². The Morgan fingerprint density at radius 2 is 0.764 bits per heavy atom. The Morgan fingerprint density at radius 3 is 1.15 bits per heavy atom. The van der Waals surface area contributed by atoms with Gasteiger partial charge in [0.15, 0.2) is 31.5 Å². The zero-order valence-corrected chi connectivity index (χ0v) is 51.1. The Bertz CT molecular complexity index is 2350. The van der Waals surface area contributed by atoms with E-state index < -0.39 is 226 Å². The first-order valence-electron chi connectivity index (χ1n) is 29.9. The van der Waals surface area contributed by atoms with Crippen LogP contribution in [0.25, 0.3) is 0 Å². The molecule has 514 valence electrons. The molecule has 0 saturated carbocycles. The van der Waals surface area contributed by atoms with Crippen LogP contribution in [-0.4, -0.2) is 285 Å². The number of allylic oxidation sites excluding steroid dienone is 2. The van der Waals surface area contributed by atoms with Crippen molar-refractivity contribution in [2.75, 3.05) is 33.0 Å². The van der Waals surface area contributed by atoms with Crippen LogP contribution in [0.5, 0.6) is 0 Å². The highest BCUT2D eigenvalue weighted by atomic mass is 32.3. The second-order valence-electron chi connectivity index (χ2n) is 22.7. The van der Waals surface area contributed by atoms with Crippen LogP contribution < -0.4 is 26.6 Å². The molecular weight excluding hydrogens is 1210 g/mol. The van der Waals surface area contributed by atoms with Gasteiger partial charge in [-0.05, 0) is 32.1 Å². The first kappa shape index (κ1) is 75.9. The summed E-state index contributed by atoms with van der Waals surface area (Å²) in [5, 5.41) is 135. The van der Waals surface area contributed by atoms with Gasteiger partial charge in [-0.2, -0.15) is 8.42 Å². The molecule has 89 heavy (non-hydrogen) atoms. The quantitative estimate of drug-likeness (QED) is 0.0165. The second-order valence-corrected chi connectivity index (χ2v) is 23.7. The molecule has 5 aliphatic heterocycles. The fraction of sp³-hybridized carbons (Fsp3) is 0.870. The summed E-state index contributed by atoms with van der Waals surface area (Å²) in [4.78, 5) is 63.7. The second kappa shape index (κ2) is 36.6. The molecule has 34 nitrogen and oxygen atoms in total. The number of unbranched alkanes of at least 4 members (excludes halogenated alkanes) is 9. The molecule has 5 fully saturated rings. The summed E-state index contributed by atoms with van der Waals surface area (Å²) < 4.78 is 90.5. The molecule has 0 aliphatic carbocycles. The lowest BCUT2D eigenvalue weighted by molar-refractivity contribution is -0.367. The fourth-order valence-corrected chi connectivity index (χ4v) is 11.5. The van der Waals surface area contributed by atoms with Crippen LogP contribution in [0.15, 0.2) is 12.2 Å². The topological polar surface area (TPSA) is 515 Å². The van der Waals surface area contributed by atoms with Gasteiger partial charge in [-0.25, -0.2) is 4.18 Å². The number of hydrogen-bond donors (Lipinski definition) is 17. The van der Waals surface area contributed by atoms with Gasteiger partial charge in [-0.15, -0.1) is 0 Å². The molecule has 0 aromatic heterocycles. The van der Waals surface area contributed by atoms with E-state index in [-0.39, 0.29) is 6.42 Å². The van der Waals surface area contributed by atoms with Gasteiger partial charge >= 0.3 is 10.4 Å². The van der Waals surface area contributed by atoms with Crippen LogP contribution in [-0.2, 0) is 81.2 Å². The highest BCUT2D eigenvalue weighted by molar-refractivity contribution is 7.80. The fourth-order valence-electron chi connectivity index (χ4n) is 11.2. The Labute approximate surface area is 515 Å². The van der Waals surface area contributed by atoms with Crippen molar-refractivity contribution in [3.63, 3.8) is 0 Å². The van der Waals surface area contributed by atoms with E-state index in [1.165, 1.54) is 25.7 Å². The number of aliphatic hydroxyl groups excluding tert-OH is 11. The molecule has 25 atom stereocenters. The summed E-state index contributed by atoms with van der Waals surface area (Å²) >= 11 is 0. The Hall–Kier alpha value is -3.84. The van der Waals surface area contributed by atoms with E-state index >= 15 is 0 Å². The molecule has 0 spiro atoms. The minimum Gasteiger partial charge on any atom is -0.394 e. The third-order valence-corrected chi connectivity index (χ3v) is 16.1. The largest absolute Gasteiger partial charge is 0.397 e. The Kier molecular flexibility index (Phi) is 31.2. The summed E-state index contributed by atoms with van der Waals surface area (Å²) in [5.41, 5.74) is 0. The molecule has 5 rings (SSSR count). The Morgan fingerprint density at radius 1 is 0.427 bits per heavy atom. The average Bonchev–Trinajstić information content (AvgIpc) is 0.853. The van der Waals surface area contributed by atoms with Crippen LogP contribution in [0.2, 0.25) is 0 Å². The van der Waals surface area contributed by atoms with E-state index in [4.69, 9.17) is 42.6 Å². The monoisotopic (exact) mass is 1310 g/mol. The highest BCUT2D eigenvalue weighted by Crippen LogP contribution is 2.36. The molecular formula is C54H93N5O29S. The first-order valence-corrected chi connectivity index (χ1v) is 31.3. The third kappa shape index (κ3) is 21.9. The summed E-state index contributed by atoms with van der Waals surface area (Å²) in [7, 11) is -5.19. The maximum Gasteiger partial charge on any atom is 0.397 e. The van der Waals surface area contributed by atoms with E-state index in [0.29, 0.717) is 6.42 Å². The van der Waals surface area contributed by atoms with Crippen molar-refractivity contribution < 1.29 is 140 Å². The number of amides is 5. The van der Waals surface area contributed by atoms with Crippen molar-refractivity contribution in [1.82, 2.24) is 26.6 Å². The molecule has 5 amide bonds. The van der Waals surface area contributed by atoms with E-state index in [1.807, 2.05) is 0 Å². The lowest BCUT2D eigenvalue weighted by atomic mass is 9.93. The summed E-state index contributed by atoms with van der Waals surface area (Å²) in [6, 6.07) is -8.53. The average molecular weight is 1310 g/mol. The van der Waals surface area contributed by atoms with E-state index in [2.05, 4.69) is 49.8 Å². The van der Waals surface area contributed by atoms with Crippen LogP contribution in [0.1, 0.15) is 112 Å². The smallest absolute Gasteiger partial charge is 0.394 e. The molecule has 0 aromatic rings. The van der Waals surface area contributed by atoms with Crippen molar-refractivity contribution in [3.8, 4) is 0 Å². The van der Waals surface area contributed by atoms with Crippen LogP contribution in [0.4, 0.5) is 0 Å². The predicted molar refractivity (Wildman–Crippen MR) is 299 cm³/mol. The minimum absolute atomic E-state index is 0.00691. The number of nitrogens with one attached hydrogen (secondary N) is 5. The van der Waals surface area contributed by atoms with Gasteiger partial charge in [-0.1, -0.05) is 57.6 Å². The zero-order valence-electron chi connectivity index (χ0n) is 50.3. The first-order chi connectivity index (χ1) is 42.2. The normalized spacial score (nSPS) is 37.7. The zero-order chi connectivity index (χ0) is 65.9. The molecule has 0 radical (unpaired) electrons. The molecule has 0 aromatic carbocycles. The molecule has 25 unspecified atom stereocenters. The van der Waals surface area contributed by atoms with Gasteiger partial charge in [0.25, 0.3) is 0 Å². The van der Waals surface area contributed by atoms with Crippen LogP contribution in [0.3, 0.4) is 0 Å². The third-order valence-electron chi connectivity index (χ3n) is 15.7. The molecule has 0 bridgehead atoms. The van der Waals surface area contributed by atoms with Gasteiger partial charge in [-0.3, -0.25) is 28.5 Å². The maximum absolute atomic E-state index is 13.4. The van der Waals surface area contributed by atoms with Gasteiger partial charge in [0.05, 0.1) is 33.0 Å². The molecule has 17 N–H and O–H groups in total. The van der Waals surface area contributed by atoms with Crippen molar-refractivity contribution in [2.45, 2.75) is 265 Å². The number of rotatable bonds is 33. The molecule has 5 heterocycles. The van der Waals surface area contributed by atoms with E-state index in [0.717, 1.165) is 66.2 Å². The van der Waals surface area contributed by atoms with Crippen molar-refractivity contribution >= 4 is 39.9 Å². The van der Waals surface area contributed by atoms with Gasteiger partial charge in [0, 0.05) is 34.1 Å². The van der Waals surface area contributed by atoms with Gasteiger partial charge in [0.1, 0.15) is 122 Å². The number of carbonyl (C=O) groups excluding carboxylic acids is 5. The summed E-state index contributed by atoms with van der Waals surface area (Å²) in [6.45, 7) is 1.17. The highest BCUT2D eigenvalue weighted by Gasteiger charge is 2.58. The lowest BCUT2D eigenvalue weighted by Crippen LogP contribution is -2.72. The van der Waals surface area contributed by atoms with Gasteiger partial charge < -0.3 is 125 Å². The number of carbonyl (C=O) groups is 5. The Balaban J connectivity index is 1.32. The van der Waals surface area contributed by atoms with E-state index in [9.17, 15) is 93.1 Å². The number of ether oxygens (including phenoxy) is 9. The molecule has 5 saturated heterocycles. The number of hydrogen-bond acceptors (Lipinski definition) is 28. The summed E-state index contributed by atoms with van der Waals surface area (Å²) in [6.07, 6.45) is -21.9. The van der Waals surface area contributed by atoms with Crippen molar-refractivity contribution in [2.24, 2.45) is 0 Å². The van der Waals surface area contributed by atoms with Gasteiger partial charge in [0.2, 0.25) is 29.5 Å². The standard InChI is InChI=1S/C54H93N5O29S/c1-6-7-8-9-10-11-12-13-14-15-16-17-18-19-34(68)59-36-41(70)40(69)29(20-60)81-51(36)85-46-30(21-61)82-52(37(43(46)72)56-26(3)65)86-47-31(22-62)83-53(38(44(47)73)57-27(4)66)87-48-32(23-63)84-54(39(45(48)74)58-28(5)67)88-49-33(24-79-89(76,77)78)80-50(75)35(42(49)71)55-25(2)64/h11-12,29-33,35-54,60-63,69-75H,6-10,13-24H2,1-5H3,(H,55,64)(H,56,65)(H,57,66)(H,58,67)(H,59,68)(H,76,77,78)/b12-11-. The summed E-state index contributed by atoms with van der Waals surface area (Å²) in [5.74, 6) is -3.87. The van der Waals surface area contributed by atoms with Crippen LogP contribution >= 0.6 is 0 Å². The minimum atomic E-state index is -5.19. The predicted octanol–water partition coefficient (Wildman–Crippen LogP) is -6.14. The molecule has 35 heteroatoms. The SMILES string of the molecule is CCCCCC/C=C\CCCCCCCC(=O)NC1C(OC2C(CO)OC(OC3C(CO)OC(OC4C(CO)OC(OC5C(COS(=O)(=O)O)OC(O)C(NC(C)=O)C5O)C(NC(C)=O)C4O)C(NC(C)=O)C3O)C(NC(C)=O)C2O)OC(CO)C(O)C1O. The number of aliphatic hydroxyl groups is 11. The lowest BCUT2D eigenvalue weighted by Gasteiger charge is -2.51. The van der Waals surface area contributed by atoms with Crippen molar-refractivity contribution in [3.05, 3.63) is 12.2 Å². The van der Waals surface area contributed by atoms with E-state index in [1.54, 1.807) is 0 Å². The molecule has 5 aliphatic rings. The maximum atomic E-state index is 13.4. The van der Waals surface area contributed by atoms with Crippen molar-refractivity contribution in [1.29, 1.82) is 0 Å².